The molecule has 3 nitrogen and oxygen atoms in total. The molecular formula is C12H24N2OS. The number of hydrogen-bond donors (Lipinski definition) is 2. The molecule has 16 heavy (non-hydrogen) atoms. The van der Waals surface area contributed by atoms with E-state index >= 15 is 0 Å². The summed E-state index contributed by atoms with van der Waals surface area (Å²) in [6, 6.07) is -0.339. The highest BCUT2D eigenvalue weighted by molar-refractivity contribution is 7.99. The second kappa shape index (κ2) is 7.17. The van der Waals surface area contributed by atoms with E-state index in [1.807, 2.05) is 11.8 Å². The second-order valence-electron chi connectivity index (χ2n) is 4.97. The van der Waals surface area contributed by atoms with Crippen molar-refractivity contribution in [3.8, 4) is 0 Å². The molecule has 0 bridgehead atoms. The van der Waals surface area contributed by atoms with Gasteiger partial charge in [-0.05, 0) is 30.9 Å². The minimum atomic E-state index is -0.339. The van der Waals surface area contributed by atoms with Crippen molar-refractivity contribution >= 4 is 17.7 Å². The van der Waals surface area contributed by atoms with E-state index in [-0.39, 0.29) is 11.9 Å². The zero-order valence-corrected chi connectivity index (χ0v) is 11.2. The van der Waals surface area contributed by atoms with E-state index in [1.54, 1.807) is 0 Å². The van der Waals surface area contributed by atoms with Crippen LogP contribution in [-0.2, 0) is 4.79 Å². The van der Waals surface area contributed by atoms with E-state index in [2.05, 4.69) is 19.2 Å². The van der Waals surface area contributed by atoms with Gasteiger partial charge in [-0.25, -0.2) is 0 Å². The number of carbonyl (C=O) groups excluding carboxylic acids is 1. The molecule has 0 aromatic heterocycles. The number of hydrogen-bond acceptors (Lipinski definition) is 3. The van der Waals surface area contributed by atoms with Gasteiger partial charge in [0, 0.05) is 11.8 Å². The maximum absolute atomic E-state index is 11.7. The highest BCUT2D eigenvalue weighted by Gasteiger charge is 2.18. The Labute approximate surface area is 103 Å². The van der Waals surface area contributed by atoms with Gasteiger partial charge >= 0.3 is 0 Å². The summed E-state index contributed by atoms with van der Waals surface area (Å²) in [5, 5.41) is 3.57. The molecule has 3 N–H and O–H groups in total. The fourth-order valence-electron chi connectivity index (χ4n) is 1.93. The largest absolute Gasteiger partial charge is 0.354 e. The van der Waals surface area contributed by atoms with Crippen LogP contribution in [0.15, 0.2) is 0 Å². The van der Waals surface area contributed by atoms with E-state index in [4.69, 9.17) is 5.73 Å². The molecule has 2 unspecified atom stereocenters. The molecule has 0 radical (unpaired) electrons. The third kappa shape index (κ3) is 5.21. The fourth-order valence-corrected chi connectivity index (χ4v) is 3.17. The van der Waals surface area contributed by atoms with Crippen molar-refractivity contribution in [3.05, 3.63) is 0 Å². The Hall–Kier alpha value is -0.220. The van der Waals surface area contributed by atoms with Crippen LogP contribution in [0.5, 0.6) is 0 Å². The van der Waals surface area contributed by atoms with Gasteiger partial charge in [-0.1, -0.05) is 20.3 Å². The SMILES string of the molecule is CC(C)CC(N)C(=O)NCC1CCCCS1. The topological polar surface area (TPSA) is 55.1 Å². The van der Waals surface area contributed by atoms with Gasteiger partial charge in [0.05, 0.1) is 6.04 Å². The molecule has 2 atom stereocenters. The smallest absolute Gasteiger partial charge is 0.236 e. The molecule has 1 heterocycles. The zero-order valence-electron chi connectivity index (χ0n) is 10.4. The van der Waals surface area contributed by atoms with Crippen LogP contribution in [0.1, 0.15) is 39.5 Å². The molecule has 1 fully saturated rings. The summed E-state index contributed by atoms with van der Waals surface area (Å²) in [5.74, 6) is 1.73. The molecule has 4 heteroatoms. The molecule has 0 spiro atoms. The number of amides is 1. The lowest BCUT2D eigenvalue weighted by Crippen LogP contribution is -2.43. The minimum absolute atomic E-state index is 0.0138. The quantitative estimate of drug-likeness (QED) is 0.775. The number of nitrogens with one attached hydrogen (secondary N) is 1. The first-order valence-electron chi connectivity index (χ1n) is 6.24. The summed E-state index contributed by atoms with van der Waals surface area (Å²) in [6.45, 7) is 4.96. The summed E-state index contributed by atoms with van der Waals surface area (Å²) >= 11 is 1.98. The van der Waals surface area contributed by atoms with Crippen LogP contribution < -0.4 is 11.1 Å². The molecule has 0 aromatic rings. The third-order valence-corrected chi connectivity index (χ3v) is 4.24. The van der Waals surface area contributed by atoms with E-state index < -0.39 is 0 Å². The van der Waals surface area contributed by atoms with Crippen molar-refractivity contribution in [2.24, 2.45) is 11.7 Å². The van der Waals surface area contributed by atoms with Gasteiger partial charge in [0.15, 0.2) is 0 Å². The van der Waals surface area contributed by atoms with Crippen LogP contribution in [0.3, 0.4) is 0 Å². The molecule has 0 aromatic carbocycles. The number of nitrogens with two attached hydrogens (primary N) is 1. The van der Waals surface area contributed by atoms with Crippen molar-refractivity contribution in [1.82, 2.24) is 5.32 Å². The summed E-state index contributed by atoms with van der Waals surface area (Å²) < 4.78 is 0. The Balaban J connectivity index is 2.17. The van der Waals surface area contributed by atoms with Gasteiger partial charge in [0.1, 0.15) is 0 Å². The molecule has 1 aliphatic heterocycles. The van der Waals surface area contributed by atoms with Crippen molar-refractivity contribution in [1.29, 1.82) is 0 Å². The van der Waals surface area contributed by atoms with Crippen LogP contribution in [0.4, 0.5) is 0 Å². The van der Waals surface area contributed by atoms with Gasteiger partial charge in [-0.2, -0.15) is 11.8 Å². The fraction of sp³-hybridized carbons (Fsp3) is 0.917. The van der Waals surface area contributed by atoms with Gasteiger partial charge in [-0.15, -0.1) is 0 Å². The predicted molar refractivity (Wildman–Crippen MR) is 70.5 cm³/mol. The number of carbonyl (C=O) groups is 1. The average molecular weight is 244 g/mol. The lowest BCUT2D eigenvalue weighted by molar-refractivity contribution is -0.122. The minimum Gasteiger partial charge on any atom is -0.354 e. The van der Waals surface area contributed by atoms with Crippen LogP contribution in [-0.4, -0.2) is 29.5 Å². The second-order valence-corrected chi connectivity index (χ2v) is 6.38. The summed E-state index contributed by atoms with van der Waals surface area (Å²) in [6.07, 6.45) is 4.61. The average Bonchev–Trinajstić information content (AvgIpc) is 2.26. The van der Waals surface area contributed by atoms with Crippen LogP contribution in [0, 0.1) is 5.92 Å². The number of thioether (sulfide) groups is 1. The molecule has 1 rings (SSSR count). The summed E-state index contributed by atoms with van der Waals surface area (Å²) in [7, 11) is 0. The first-order chi connectivity index (χ1) is 7.59. The molecule has 1 amide bonds. The van der Waals surface area contributed by atoms with Gasteiger partial charge < -0.3 is 11.1 Å². The maximum Gasteiger partial charge on any atom is 0.236 e. The van der Waals surface area contributed by atoms with Gasteiger partial charge in [-0.3, -0.25) is 4.79 Å². The molecule has 1 saturated heterocycles. The molecule has 94 valence electrons. The monoisotopic (exact) mass is 244 g/mol. The predicted octanol–water partition coefficient (Wildman–Crippen LogP) is 1.76. The van der Waals surface area contributed by atoms with E-state index in [0.29, 0.717) is 11.2 Å². The highest BCUT2D eigenvalue weighted by atomic mass is 32.2. The lowest BCUT2D eigenvalue weighted by atomic mass is 10.0. The normalized spacial score (nSPS) is 23.1. The van der Waals surface area contributed by atoms with E-state index in [0.717, 1.165) is 13.0 Å². The Bertz CT molecular complexity index is 215. The Kier molecular flexibility index (Phi) is 6.21. The molecule has 1 aliphatic rings. The van der Waals surface area contributed by atoms with E-state index in [1.165, 1.54) is 25.0 Å². The summed E-state index contributed by atoms with van der Waals surface area (Å²) in [4.78, 5) is 11.7. The first kappa shape index (κ1) is 13.8. The van der Waals surface area contributed by atoms with Crippen LogP contribution in [0.25, 0.3) is 0 Å². The lowest BCUT2D eigenvalue weighted by Gasteiger charge is -2.22. The van der Waals surface area contributed by atoms with Crippen molar-refractivity contribution in [2.45, 2.75) is 50.8 Å². The zero-order chi connectivity index (χ0) is 12.0. The molecular weight excluding hydrogens is 220 g/mol. The highest BCUT2D eigenvalue weighted by Crippen LogP contribution is 2.24. The Morgan fingerprint density at radius 1 is 1.50 bits per heavy atom. The Morgan fingerprint density at radius 2 is 2.25 bits per heavy atom. The van der Waals surface area contributed by atoms with Crippen molar-refractivity contribution < 1.29 is 4.79 Å². The molecule has 0 saturated carbocycles. The van der Waals surface area contributed by atoms with Crippen LogP contribution >= 0.6 is 11.8 Å². The van der Waals surface area contributed by atoms with Gasteiger partial charge in [0.2, 0.25) is 5.91 Å². The maximum atomic E-state index is 11.7. The first-order valence-corrected chi connectivity index (χ1v) is 7.29. The third-order valence-electron chi connectivity index (χ3n) is 2.84. The van der Waals surface area contributed by atoms with Gasteiger partial charge in [0.25, 0.3) is 0 Å². The standard InChI is InChI=1S/C12H24N2OS/c1-9(2)7-11(13)12(15)14-8-10-5-3-4-6-16-10/h9-11H,3-8,13H2,1-2H3,(H,14,15). The van der Waals surface area contributed by atoms with Crippen LogP contribution in [0.2, 0.25) is 0 Å². The van der Waals surface area contributed by atoms with Crippen molar-refractivity contribution in [2.75, 3.05) is 12.3 Å². The summed E-state index contributed by atoms with van der Waals surface area (Å²) in [5.41, 5.74) is 5.81. The Morgan fingerprint density at radius 3 is 2.81 bits per heavy atom. The number of rotatable bonds is 5. The molecule has 0 aliphatic carbocycles. The van der Waals surface area contributed by atoms with E-state index in [9.17, 15) is 4.79 Å². The van der Waals surface area contributed by atoms with Crippen molar-refractivity contribution in [3.63, 3.8) is 0 Å².